The molecule has 1 saturated heterocycles. The van der Waals surface area contributed by atoms with E-state index >= 15 is 0 Å². The van der Waals surface area contributed by atoms with E-state index in [1.54, 1.807) is 6.92 Å². The standard InChI is InChI=1S/C9H15FO3/c1-2-12-8(11)9(7-10)5-3-4-6-13-9/h2-7H2,1H3/t9-/m0/s1. The van der Waals surface area contributed by atoms with E-state index in [0.29, 0.717) is 13.0 Å². The molecule has 0 unspecified atom stereocenters. The van der Waals surface area contributed by atoms with Gasteiger partial charge in [-0.3, -0.25) is 0 Å². The Labute approximate surface area is 77.2 Å². The molecule has 0 saturated carbocycles. The van der Waals surface area contributed by atoms with Crippen LogP contribution in [0, 0.1) is 0 Å². The van der Waals surface area contributed by atoms with Crippen molar-refractivity contribution in [2.24, 2.45) is 0 Å². The summed E-state index contributed by atoms with van der Waals surface area (Å²) in [6, 6.07) is 0. The van der Waals surface area contributed by atoms with Crippen molar-refractivity contribution in [2.75, 3.05) is 19.9 Å². The van der Waals surface area contributed by atoms with Crippen molar-refractivity contribution in [1.82, 2.24) is 0 Å². The molecule has 0 bridgehead atoms. The first-order valence-corrected chi connectivity index (χ1v) is 4.62. The molecule has 1 atom stereocenters. The summed E-state index contributed by atoms with van der Waals surface area (Å²) < 4.78 is 22.6. The molecule has 1 rings (SSSR count). The fourth-order valence-corrected chi connectivity index (χ4v) is 1.44. The van der Waals surface area contributed by atoms with E-state index in [9.17, 15) is 9.18 Å². The number of esters is 1. The van der Waals surface area contributed by atoms with E-state index < -0.39 is 18.2 Å². The summed E-state index contributed by atoms with van der Waals surface area (Å²) in [6.45, 7) is 1.63. The van der Waals surface area contributed by atoms with Crippen molar-refractivity contribution >= 4 is 5.97 Å². The predicted octanol–water partition coefficient (Wildman–Crippen LogP) is 1.46. The molecule has 3 nitrogen and oxygen atoms in total. The molecular formula is C9H15FO3. The summed E-state index contributed by atoms with van der Waals surface area (Å²) >= 11 is 0. The Morgan fingerprint density at radius 1 is 1.62 bits per heavy atom. The van der Waals surface area contributed by atoms with Gasteiger partial charge in [-0.05, 0) is 26.2 Å². The van der Waals surface area contributed by atoms with Crippen LogP contribution in [0.2, 0.25) is 0 Å². The molecule has 0 aromatic rings. The Hall–Kier alpha value is -0.640. The van der Waals surface area contributed by atoms with Crippen LogP contribution in [-0.2, 0) is 14.3 Å². The molecule has 0 aromatic carbocycles. The van der Waals surface area contributed by atoms with Crippen LogP contribution in [-0.4, -0.2) is 31.5 Å². The van der Waals surface area contributed by atoms with E-state index in [1.807, 2.05) is 0 Å². The monoisotopic (exact) mass is 190 g/mol. The summed E-state index contributed by atoms with van der Waals surface area (Å²) in [6.07, 6.45) is 2.15. The second kappa shape index (κ2) is 4.56. The summed E-state index contributed by atoms with van der Waals surface area (Å²) in [5, 5.41) is 0. The van der Waals surface area contributed by atoms with Crippen LogP contribution in [0.25, 0.3) is 0 Å². The lowest BCUT2D eigenvalue weighted by atomic mass is 9.95. The molecule has 4 heteroatoms. The maximum absolute atomic E-state index is 12.7. The van der Waals surface area contributed by atoms with Crippen molar-refractivity contribution in [3.63, 3.8) is 0 Å². The number of ether oxygens (including phenoxy) is 2. The van der Waals surface area contributed by atoms with E-state index in [1.165, 1.54) is 0 Å². The zero-order chi connectivity index (χ0) is 9.73. The Morgan fingerprint density at radius 2 is 2.38 bits per heavy atom. The normalized spacial score (nSPS) is 28.5. The van der Waals surface area contributed by atoms with Crippen molar-refractivity contribution < 1.29 is 18.7 Å². The van der Waals surface area contributed by atoms with E-state index in [-0.39, 0.29) is 6.61 Å². The van der Waals surface area contributed by atoms with Crippen LogP contribution in [0.3, 0.4) is 0 Å². The van der Waals surface area contributed by atoms with Crippen molar-refractivity contribution in [3.8, 4) is 0 Å². The van der Waals surface area contributed by atoms with Gasteiger partial charge in [-0.25, -0.2) is 9.18 Å². The van der Waals surface area contributed by atoms with Gasteiger partial charge in [0.05, 0.1) is 6.61 Å². The first-order chi connectivity index (χ1) is 6.25. The number of alkyl halides is 1. The zero-order valence-corrected chi connectivity index (χ0v) is 7.85. The molecule has 0 amide bonds. The molecule has 0 N–H and O–H groups in total. The number of hydrogen-bond acceptors (Lipinski definition) is 3. The highest BCUT2D eigenvalue weighted by Gasteiger charge is 2.42. The van der Waals surface area contributed by atoms with Crippen molar-refractivity contribution in [3.05, 3.63) is 0 Å². The van der Waals surface area contributed by atoms with E-state index in [0.717, 1.165) is 12.8 Å². The summed E-state index contributed by atoms with van der Waals surface area (Å²) in [7, 11) is 0. The van der Waals surface area contributed by atoms with Crippen LogP contribution >= 0.6 is 0 Å². The molecule has 0 radical (unpaired) electrons. The van der Waals surface area contributed by atoms with Crippen LogP contribution in [0.15, 0.2) is 0 Å². The zero-order valence-electron chi connectivity index (χ0n) is 7.85. The minimum absolute atomic E-state index is 0.268. The van der Waals surface area contributed by atoms with Gasteiger partial charge >= 0.3 is 5.97 Å². The molecule has 1 heterocycles. The quantitative estimate of drug-likeness (QED) is 0.632. The Kier molecular flexibility index (Phi) is 3.66. The van der Waals surface area contributed by atoms with E-state index in [4.69, 9.17) is 9.47 Å². The third kappa shape index (κ3) is 2.18. The van der Waals surface area contributed by atoms with Gasteiger partial charge in [-0.15, -0.1) is 0 Å². The molecule has 13 heavy (non-hydrogen) atoms. The first-order valence-electron chi connectivity index (χ1n) is 4.62. The molecule has 76 valence electrons. The molecular weight excluding hydrogens is 175 g/mol. The molecule has 0 spiro atoms. The summed E-state index contributed by atoms with van der Waals surface area (Å²) in [4.78, 5) is 11.4. The Balaban J connectivity index is 2.61. The van der Waals surface area contributed by atoms with Crippen molar-refractivity contribution in [2.45, 2.75) is 31.8 Å². The molecule has 0 aliphatic carbocycles. The van der Waals surface area contributed by atoms with Crippen LogP contribution in [0.4, 0.5) is 4.39 Å². The summed E-state index contributed by atoms with van der Waals surface area (Å²) in [5.41, 5.74) is -1.30. The van der Waals surface area contributed by atoms with Gasteiger partial charge in [-0.2, -0.15) is 0 Å². The third-order valence-corrected chi connectivity index (χ3v) is 2.22. The topological polar surface area (TPSA) is 35.5 Å². The molecule has 1 aliphatic rings. The Bertz CT molecular complexity index is 176. The van der Waals surface area contributed by atoms with Crippen LogP contribution in [0.1, 0.15) is 26.2 Å². The SMILES string of the molecule is CCOC(=O)[C@@]1(CF)CCCCO1. The van der Waals surface area contributed by atoms with Gasteiger partial charge in [0, 0.05) is 6.61 Å². The lowest BCUT2D eigenvalue weighted by molar-refractivity contribution is -0.181. The van der Waals surface area contributed by atoms with Gasteiger partial charge in [0.15, 0.2) is 5.60 Å². The maximum Gasteiger partial charge on any atom is 0.341 e. The lowest BCUT2D eigenvalue weighted by Crippen LogP contribution is -2.47. The largest absolute Gasteiger partial charge is 0.464 e. The van der Waals surface area contributed by atoms with Crippen LogP contribution in [0.5, 0.6) is 0 Å². The van der Waals surface area contributed by atoms with Gasteiger partial charge in [0.2, 0.25) is 0 Å². The average Bonchev–Trinajstić information content (AvgIpc) is 2.19. The number of halogens is 1. The minimum atomic E-state index is -1.30. The molecule has 1 aliphatic heterocycles. The fourth-order valence-electron chi connectivity index (χ4n) is 1.44. The Morgan fingerprint density at radius 3 is 2.85 bits per heavy atom. The summed E-state index contributed by atoms with van der Waals surface area (Å²) in [5.74, 6) is -0.558. The second-order valence-electron chi connectivity index (χ2n) is 3.15. The van der Waals surface area contributed by atoms with Gasteiger partial charge in [0.1, 0.15) is 6.67 Å². The predicted molar refractivity (Wildman–Crippen MR) is 45.1 cm³/mol. The van der Waals surface area contributed by atoms with Crippen molar-refractivity contribution in [1.29, 1.82) is 0 Å². The number of hydrogen-bond donors (Lipinski definition) is 0. The highest BCUT2D eigenvalue weighted by molar-refractivity contribution is 5.79. The average molecular weight is 190 g/mol. The van der Waals surface area contributed by atoms with Gasteiger partial charge < -0.3 is 9.47 Å². The minimum Gasteiger partial charge on any atom is -0.464 e. The lowest BCUT2D eigenvalue weighted by Gasteiger charge is -2.32. The smallest absolute Gasteiger partial charge is 0.341 e. The first kappa shape index (κ1) is 10.4. The number of carbonyl (C=O) groups is 1. The number of rotatable bonds is 3. The van der Waals surface area contributed by atoms with Crippen LogP contribution < -0.4 is 0 Å². The van der Waals surface area contributed by atoms with Gasteiger partial charge in [-0.1, -0.05) is 0 Å². The third-order valence-electron chi connectivity index (χ3n) is 2.22. The molecule has 1 fully saturated rings. The maximum atomic E-state index is 12.7. The van der Waals surface area contributed by atoms with E-state index in [2.05, 4.69) is 0 Å². The highest BCUT2D eigenvalue weighted by atomic mass is 19.1. The second-order valence-corrected chi connectivity index (χ2v) is 3.15. The van der Waals surface area contributed by atoms with Gasteiger partial charge in [0.25, 0.3) is 0 Å². The number of carbonyl (C=O) groups excluding carboxylic acids is 1. The highest BCUT2D eigenvalue weighted by Crippen LogP contribution is 2.26. The molecule has 0 aromatic heterocycles. The fraction of sp³-hybridized carbons (Fsp3) is 0.889.